The van der Waals surface area contributed by atoms with E-state index in [1.54, 1.807) is 20.8 Å². The molecule has 0 amide bonds. The number of nitrogens with one attached hydrogen (secondary N) is 1. The SMILES string of the molecule is CC[C@@]1(OC=O)O[C@@H](n2cc(C)c(=O)[nH]c2=O)[C@@H](N)C1C. The third-order valence-electron chi connectivity index (χ3n) is 4.08. The lowest BCUT2D eigenvalue weighted by molar-refractivity contribution is -0.237. The van der Waals surface area contributed by atoms with Gasteiger partial charge in [-0.15, -0.1) is 0 Å². The number of aromatic amines is 1. The van der Waals surface area contributed by atoms with Gasteiger partial charge in [-0.1, -0.05) is 13.8 Å². The molecule has 116 valence electrons. The van der Waals surface area contributed by atoms with E-state index in [0.29, 0.717) is 18.5 Å². The van der Waals surface area contributed by atoms with Crippen LogP contribution in [0.25, 0.3) is 0 Å². The van der Waals surface area contributed by atoms with Gasteiger partial charge < -0.3 is 15.2 Å². The third kappa shape index (κ3) is 2.40. The van der Waals surface area contributed by atoms with E-state index < -0.39 is 29.3 Å². The predicted molar refractivity (Wildman–Crippen MR) is 73.5 cm³/mol. The van der Waals surface area contributed by atoms with E-state index in [1.165, 1.54) is 10.8 Å². The highest BCUT2D eigenvalue weighted by molar-refractivity contribution is 5.38. The molecule has 0 aromatic carbocycles. The van der Waals surface area contributed by atoms with Crippen LogP contribution in [0.2, 0.25) is 0 Å². The summed E-state index contributed by atoms with van der Waals surface area (Å²) in [6.45, 7) is 5.49. The number of carbonyl (C=O) groups is 1. The zero-order valence-corrected chi connectivity index (χ0v) is 12.2. The zero-order chi connectivity index (χ0) is 15.8. The van der Waals surface area contributed by atoms with Crippen LogP contribution in [-0.2, 0) is 14.3 Å². The molecule has 0 saturated carbocycles. The van der Waals surface area contributed by atoms with Gasteiger partial charge in [-0.3, -0.25) is 19.1 Å². The molecule has 0 bridgehead atoms. The summed E-state index contributed by atoms with van der Waals surface area (Å²) in [4.78, 5) is 36.3. The minimum absolute atomic E-state index is 0.308. The average Bonchev–Trinajstić information content (AvgIpc) is 2.69. The predicted octanol–water partition coefficient (Wildman–Crippen LogP) is -0.383. The fourth-order valence-corrected chi connectivity index (χ4v) is 2.65. The van der Waals surface area contributed by atoms with Crippen LogP contribution in [0.1, 0.15) is 32.1 Å². The number of aromatic nitrogens is 2. The number of ether oxygens (including phenoxy) is 2. The second kappa shape index (κ2) is 5.45. The van der Waals surface area contributed by atoms with Gasteiger partial charge in [0.05, 0.1) is 6.04 Å². The van der Waals surface area contributed by atoms with Gasteiger partial charge in [-0.2, -0.15) is 0 Å². The molecule has 1 aliphatic rings. The Morgan fingerprint density at radius 3 is 2.81 bits per heavy atom. The van der Waals surface area contributed by atoms with Crippen molar-refractivity contribution in [2.75, 3.05) is 0 Å². The van der Waals surface area contributed by atoms with Crippen LogP contribution in [0.4, 0.5) is 0 Å². The van der Waals surface area contributed by atoms with Gasteiger partial charge in [0.1, 0.15) is 0 Å². The van der Waals surface area contributed by atoms with Crippen LogP contribution in [0, 0.1) is 12.8 Å². The van der Waals surface area contributed by atoms with Gasteiger partial charge in [-0.25, -0.2) is 4.79 Å². The number of hydrogen-bond donors (Lipinski definition) is 2. The summed E-state index contributed by atoms with van der Waals surface area (Å²) in [7, 11) is 0. The van der Waals surface area contributed by atoms with Crippen LogP contribution in [0.5, 0.6) is 0 Å². The largest absolute Gasteiger partial charge is 0.435 e. The first-order valence-corrected chi connectivity index (χ1v) is 6.73. The fourth-order valence-electron chi connectivity index (χ4n) is 2.65. The van der Waals surface area contributed by atoms with Gasteiger partial charge in [0.15, 0.2) is 6.23 Å². The van der Waals surface area contributed by atoms with Crippen molar-refractivity contribution in [1.82, 2.24) is 9.55 Å². The Labute approximate surface area is 120 Å². The standard InChI is InChI=1S/C13H19N3O5/c1-4-13(20-6-17)8(3)9(14)11(21-13)16-5-7(2)10(18)15-12(16)19/h5-6,8-9,11H,4,14H2,1-3H3,(H,15,18,19)/t8?,9-,11+,13+/m0/s1. The van der Waals surface area contributed by atoms with Crippen LogP contribution in [0.15, 0.2) is 15.8 Å². The Hall–Kier alpha value is -1.93. The lowest BCUT2D eigenvalue weighted by atomic mass is 9.93. The second-order valence-corrected chi connectivity index (χ2v) is 5.23. The van der Waals surface area contributed by atoms with E-state index in [1.807, 2.05) is 0 Å². The molecule has 1 aromatic rings. The van der Waals surface area contributed by atoms with Crippen molar-refractivity contribution in [3.63, 3.8) is 0 Å². The van der Waals surface area contributed by atoms with E-state index >= 15 is 0 Å². The molecular weight excluding hydrogens is 278 g/mol. The van der Waals surface area contributed by atoms with Crippen molar-refractivity contribution in [2.24, 2.45) is 11.7 Å². The van der Waals surface area contributed by atoms with Gasteiger partial charge in [-0.05, 0) is 6.92 Å². The molecule has 21 heavy (non-hydrogen) atoms. The Balaban J connectivity index is 2.47. The highest BCUT2D eigenvalue weighted by Gasteiger charge is 2.53. The quantitative estimate of drug-likeness (QED) is 0.731. The summed E-state index contributed by atoms with van der Waals surface area (Å²) >= 11 is 0. The van der Waals surface area contributed by atoms with E-state index in [9.17, 15) is 14.4 Å². The van der Waals surface area contributed by atoms with Crippen molar-refractivity contribution in [3.8, 4) is 0 Å². The molecule has 4 atom stereocenters. The zero-order valence-electron chi connectivity index (χ0n) is 12.2. The fraction of sp³-hybridized carbons (Fsp3) is 0.615. The molecular formula is C13H19N3O5. The maximum Gasteiger partial charge on any atom is 0.330 e. The van der Waals surface area contributed by atoms with Crippen LogP contribution < -0.4 is 17.0 Å². The molecule has 0 radical (unpaired) electrons. The lowest BCUT2D eigenvalue weighted by Gasteiger charge is -2.29. The minimum Gasteiger partial charge on any atom is -0.435 e. The number of rotatable bonds is 4. The Morgan fingerprint density at radius 1 is 1.57 bits per heavy atom. The molecule has 1 aromatic heterocycles. The van der Waals surface area contributed by atoms with Crippen LogP contribution in [-0.4, -0.2) is 27.9 Å². The maximum atomic E-state index is 12.0. The first kappa shape index (κ1) is 15.5. The van der Waals surface area contributed by atoms with E-state index in [2.05, 4.69) is 4.98 Å². The first-order chi connectivity index (χ1) is 9.86. The lowest BCUT2D eigenvalue weighted by Crippen LogP contribution is -2.42. The topological polar surface area (TPSA) is 116 Å². The maximum absolute atomic E-state index is 12.0. The summed E-state index contributed by atoms with van der Waals surface area (Å²) < 4.78 is 12.1. The monoisotopic (exact) mass is 297 g/mol. The Morgan fingerprint density at radius 2 is 2.24 bits per heavy atom. The summed E-state index contributed by atoms with van der Waals surface area (Å²) in [5, 5.41) is 0. The molecule has 0 spiro atoms. The van der Waals surface area contributed by atoms with Crippen molar-refractivity contribution in [3.05, 3.63) is 32.6 Å². The summed E-state index contributed by atoms with van der Waals surface area (Å²) in [5.74, 6) is -1.48. The number of carbonyl (C=O) groups excluding carboxylic acids is 1. The molecule has 8 nitrogen and oxygen atoms in total. The first-order valence-electron chi connectivity index (χ1n) is 6.73. The van der Waals surface area contributed by atoms with E-state index in [0.717, 1.165) is 0 Å². The average molecular weight is 297 g/mol. The highest BCUT2D eigenvalue weighted by atomic mass is 16.7. The third-order valence-corrected chi connectivity index (χ3v) is 4.08. The number of nitrogens with zero attached hydrogens (tertiary/aromatic N) is 1. The number of H-pyrrole nitrogens is 1. The minimum atomic E-state index is -1.17. The van der Waals surface area contributed by atoms with Crippen molar-refractivity contribution in [1.29, 1.82) is 0 Å². The molecule has 2 heterocycles. The highest BCUT2D eigenvalue weighted by Crippen LogP contribution is 2.42. The smallest absolute Gasteiger partial charge is 0.330 e. The van der Waals surface area contributed by atoms with Crippen LogP contribution >= 0.6 is 0 Å². The molecule has 1 fully saturated rings. The second-order valence-electron chi connectivity index (χ2n) is 5.23. The van der Waals surface area contributed by atoms with E-state index in [4.69, 9.17) is 15.2 Å². The van der Waals surface area contributed by atoms with Crippen molar-refractivity contribution < 1.29 is 14.3 Å². The van der Waals surface area contributed by atoms with Crippen molar-refractivity contribution in [2.45, 2.75) is 45.2 Å². The Kier molecular flexibility index (Phi) is 4.02. The van der Waals surface area contributed by atoms with Gasteiger partial charge in [0, 0.05) is 24.1 Å². The molecule has 0 aliphatic carbocycles. The molecule has 1 aliphatic heterocycles. The molecule has 8 heteroatoms. The van der Waals surface area contributed by atoms with Crippen LogP contribution in [0.3, 0.4) is 0 Å². The summed E-state index contributed by atoms with van der Waals surface area (Å²) in [5.41, 5.74) is 5.41. The molecule has 2 rings (SSSR count). The van der Waals surface area contributed by atoms with Gasteiger partial charge in [0.25, 0.3) is 12.0 Å². The van der Waals surface area contributed by atoms with E-state index in [-0.39, 0.29) is 5.92 Å². The molecule has 1 saturated heterocycles. The van der Waals surface area contributed by atoms with Gasteiger partial charge >= 0.3 is 5.69 Å². The normalized spacial score (nSPS) is 32.1. The molecule has 1 unspecified atom stereocenters. The van der Waals surface area contributed by atoms with Gasteiger partial charge in [0.2, 0.25) is 5.79 Å². The van der Waals surface area contributed by atoms with Crippen molar-refractivity contribution >= 4 is 6.47 Å². The number of hydrogen-bond acceptors (Lipinski definition) is 6. The molecule has 3 N–H and O–H groups in total. The summed E-state index contributed by atoms with van der Waals surface area (Å²) in [6.07, 6.45) is 0.974. The Bertz CT molecular complexity index is 652. The number of nitrogens with two attached hydrogens (primary N) is 1. The number of aryl methyl sites for hydroxylation is 1. The summed E-state index contributed by atoms with van der Waals surface area (Å²) in [6, 6.07) is -0.562.